The molecule has 10 unspecified atom stereocenters. The molecule has 0 rings (SSSR count). The van der Waals surface area contributed by atoms with Crippen LogP contribution >= 0.6 is 0 Å². The summed E-state index contributed by atoms with van der Waals surface area (Å²) in [4.78, 5) is 153. The summed E-state index contributed by atoms with van der Waals surface area (Å²) in [5, 5.41) is 22.6. The Morgan fingerprint density at radius 2 is 0.261 bits per heavy atom. The van der Waals surface area contributed by atoms with Crippen molar-refractivity contribution in [2.45, 2.75) is 272 Å². The number of hydrogen-bond donors (Lipinski definition) is 10. The van der Waals surface area contributed by atoms with Crippen molar-refractivity contribution >= 4 is 160 Å². The number of rotatable bonds is 59. The third-order valence-electron chi connectivity index (χ3n) is 19.5. The van der Waals surface area contributed by atoms with Crippen LogP contribution in [0.15, 0.2) is 0 Å². The normalized spacial score (nSPS) is 15.2. The molecule has 142 heavy (non-hydrogen) atoms. The van der Waals surface area contributed by atoms with Crippen LogP contribution in [0.5, 0.6) is 0 Å². The van der Waals surface area contributed by atoms with Crippen molar-refractivity contribution in [3.8, 4) is 0 Å². The van der Waals surface area contributed by atoms with E-state index in [0.29, 0.717) is 0 Å². The molecule has 0 saturated carbocycles. The van der Waals surface area contributed by atoms with E-state index in [-0.39, 0.29) is 302 Å². The van der Waals surface area contributed by atoms with Gasteiger partial charge in [0.25, 0.3) is 0 Å². The van der Waals surface area contributed by atoms with E-state index < -0.39 is 390 Å². The number of nitrogens with one attached hydrogen (secondary N) is 10. The first-order chi connectivity index (χ1) is 57.8. The van der Waals surface area contributed by atoms with Gasteiger partial charge >= 0.3 is 296 Å². The van der Waals surface area contributed by atoms with Gasteiger partial charge in [0, 0.05) is 115 Å². The molecule has 0 aliphatic rings. The molecule has 0 aliphatic carbocycles. The Bertz CT molecular complexity index is 5440. The minimum Gasteiger partial charge on any atom is -0.748 e. The maximum Gasteiger partial charge on any atom is 1.00 e. The summed E-state index contributed by atoms with van der Waals surface area (Å²) < 4.78 is 373. The van der Waals surface area contributed by atoms with Gasteiger partial charge in [-0.05, 0) is 203 Å². The fourth-order valence-corrected chi connectivity index (χ4v) is 24.9. The molecule has 0 fully saturated rings. The Morgan fingerprint density at radius 3 is 0.359 bits per heavy atom. The molecule has 10 N–H and O–H groups in total. The Labute approximate surface area is 1060 Å². The summed E-state index contributed by atoms with van der Waals surface area (Å²) in [6, 6.07) is 0. The summed E-state index contributed by atoms with van der Waals surface area (Å²) in [6.07, 6.45) is -11.6. The van der Waals surface area contributed by atoms with Gasteiger partial charge in [0.15, 0.2) is 0 Å². The van der Waals surface area contributed by atoms with Crippen LogP contribution in [0.3, 0.4) is 0 Å². The first-order valence-corrected chi connectivity index (χ1v) is 56.2. The topological polar surface area (TPSA) is 863 Å². The fraction of sp³-hybridized carbons (Fsp3) is 0.861. The molecular weight excluding hydrogens is 2200 g/mol. The molecule has 50 nitrogen and oxygen atoms in total. The number of carbonyl (C=O) groups excluding carboxylic acids is 10. The molecule has 774 valence electrons. The Balaban J connectivity index is -0.00000191. The van der Waals surface area contributed by atoms with Crippen molar-refractivity contribution < 1.29 is 473 Å². The van der Waals surface area contributed by atoms with Crippen LogP contribution in [-0.4, -0.2) is 302 Å². The molecule has 0 aliphatic heterocycles. The van der Waals surface area contributed by atoms with E-state index in [1.165, 1.54) is 6.92 Å². The van der Waals surface area contributed by atoms with E-state index in [0.717, 1.165) is 145 Å². The number of carbonyl (C=O) groups is 10. The average molecular weight is 2320 g/mol. The molecule has 0 aromatic carbocycles. The Morgan fingerprint density at radius 1 is 0.176 bits per heavy atom. The van der Waals surface area contributed by atoms with Crippen LogP contribution in [0.1, 0.15) is 217 Å². The third-order valence-corrected chi connectivity index (χ3v) is 30.2. The van der Waals surface area contributed by atoms with E-state index in [1.807, 2.05) is 0 Å². The summed E-state index contributed by atoms with van der Waals surface area (Å²) in [5.74, 6) is -51.2. The third kappa shape index (κ3) is 79.7. The van der Waals surface area contributed by atoms with Crippen LogP contribution in [0.25, 0.3) is 0 Å². The number of amides is 10. The maximum absolute atomic E-state index is 15.9. The fourth-order valence-electron chi connectivity index (χ4n) is 15.4. The minimum atomic E-state index is -5.54. The molecule has 10 atom stereocenters. The van der Waals surface area contributed by atoms with Crippen molar-refractivity contribution in [2.75, 3.05) is 57.5 Å². The quantitative estimate of drug-likeness (QED) is 0.0200. The predicted molar refractivity (Wildman–Crippen MR) is 460 cm³/mol. The second-order valence-electron chi connectivity index (χ2n) is 40.5. The molecule has 10 amide bonds. The standard InChI is InChI=1S/C72H136N10O40S10.10Na/c1-23-44(54(84)74-64(5,6)34-124(96,97)98)25-46(56(86)76-66(9,10)36-126(102,103)104)27-48(58(88)78-68(13,14)38-128(108,109)110)29-50(60(90)80-70(17,18)40-130(114,115)116)31-52(62(92)82-72(21,22)42-132(120,121)122)32-51(61(91)81-71(19,20)41-131(117,118)119)30-49(59(89)79-69(15,16)39-129(111,112)113)28-47(57(87)77-67(11,12)37-127(105,106)107)26-45(55(85)75-65(7,8)35-125(99,100)101)24-43(2)53(83)73-63(3,4)33-123(93,94)95;;;;;;;;;;/h43-52H,23-42H2,1-22H3,(H,73,83)(H,74,84)(H,75,85)(H,76,86)(H,77,87)(H,78,88)(H,79,89)(H,80,90)(H,81,91)(H,82,92)(H,93,94,95)(H,96,97,98)(H,99,100,101)(H,102,103,104)(H,105,106,107)(H,108,109,110)(H,111,112,113)(H,114,115,116)(H,117,118,119)(H,120,121,122);;;;;;;;;;/q;10*+1/p-10. The minimum absolute atomic E-state index is 0. The molecule has 0 radical (unpaired) electrons. The second-order valence-corrected chi connectivity index (χ2v) is 54.5. The molecule has 0 aromatic heterocycles. The maximum atomic E-state index is 15.9. The van der Waals surface area contributed by atoms with Gasteiger partial charge < -0.3 is 98.7 Å². The molecule has 0 spiro atoms. The largest absolute Gasteiger partial charge is 1.00 e. The van der Waals surface area contributed by atoms with Crippen molar-refractivity contribution in [3.63, 3.8) is 0 Å². The van der Waals surface area contributed by atoms with E-state index in [4.69, 9.17) is 0 Å². The Kier molecular flexibility index (Phi) is 77.6. The van der Waals surface area contributed by atoms with E-state index in [2.05, 4.69) is 53.2 Å². The molecule has 0 aromatic rings. The van der Waals surface area contributed by atoms with Crippen LogP contribution < -0.4 is 349 Å². The van der Waals surface area contributed by atoms with Crippen LogP contribution in [0, 0.1) is 59.2 Å². The predicted octanol–water partition coefficient (Wildman–Crippen LogP) is -34.5. The summed E-state index contributed by atoms with van der Waals surface area (Å²) in [6.45, 7) is 21.4. The molecule has 0 saturated heterocycles. The monoisotopic (exact) mass is 2320 g/mol. The van der Waals surface area contributed by atoms with Gasteiger partial charge in [0.2, 0.25) is 59.1 Å². The molecular formula is C72H126N10Na10O40S10. The van der Waals surface area contributed by atoms with Gasteiger partial charge in [-0.3, -0.25) is 47.9 Å². The first kappa shape index (κ1) is 168. The van der Waals surface area contributed by atoms with E-state index in [1.54, 1.807) is 0 Å². The zero-order valence-electron chi connectivity index (χ0n) is 87.3. The van der Waals surface area contributed by atoms with Gasteiger partial charge in [0.1, 0.15) is 0 Å². The van der Waals surface area contributed by atoms with E-state index in [9.17, 15) is 139 Å². The van der Waals surface area contributed by atoms with Crippen molar-refractivity contribution in [1.29, 1.82) is 0 Å². The van der Waals surface area contributed by atoms with Gasteiger partial charge in [-0.2, -0.15) is 0 Å². The number of hydrogen-bond acceptors (Lipinski definition) is 40. The van der Waals surface area contributed by atoms with Gasteiger partial charge in [-0.1, -0.05) is 13.8 Å². The van der Waals surface area contributed by atoms with Gasteiger partial charge in [-0.15, -0.1) is 0 Å². The van der Waals surface area contributed by atoms with Crippen molar-refractivity contribution in [1.82, 2.24) is 53.2 Å². The summed E-state index contributed by atoms with van der Waals surface area (Å²) in [7, 11) is -54.0. The van der Waals surface area contributed by atoms with Crippen molar-refractivity contribution in [2.24, 2.45) is 59.2 Å². The van der Waals surface area contributed by atoms with Gasteiger partial charge in [-0.25, -0.2) is 84.2 Å². The second kappa shape index (κ2) is 65.5. The van der Waals surface area contributed by atoms with Crippen LogP contribution in [0.4, 0.5) is 0 Å². The van der Waals surface area contributed by atoms with Crippen LogP contribution in [-0.2, 0) is 149 Å². The van der Waals surface area contributed by atoms with Gasteiger partial charge in [0.05, 0.1) is 159 Å². The molecule has 0 heterocycles. The zero-order chi connectivity index (χ0) is 105. The van der Waals surface area contributed by atoms with Crippen LogP contribution in [0.2, 0.25) is 0 Å². The Hall–Kier alpha value is 3.80. The summed E-state index contributed by atoms with van der Waals surface area (Å²) >= 11 is 0. The van der Waals surface area contributed by atoms with E-state index >= 15 is 38.4 Å². The van der Waals surface area contributed by atoms with Crippen molar-refractivity contribution in [3.05, 3.63) is 0 Å². The summed E-state index contributed by atoms with van der Waals surface area (Å²) in [5.41, 5.74) is -22.2. The molecule has 0 bridgehead atoms. The first-order valence-electron chi connectivity index (χ1n) is 40.4. The smallest absolute Gasteiger partial charge is 0.748 e. The SMILES string of the molecule is CCC(CC(CC(CC(CC(CC(CC(CC(CC(CC(C)C(=O)NC(C)(C)CS(=O)(=O)[O-])C(=O)NC(C)(C)CS(=O)(=O)[O-])C(=O)NC(C)(C)CS(=O)(=O)[O-])C(=O)NC(C)(C)CS(=O)(=O)[O-])C(=O)NC(C)(C)CS(=O)(=O)[O-])C(=O)NC(C)(C)CS(=O)(=O)[O-])C(=O)NC(C)(C)CS(=O)(=O)[O-])C(=O)NC(C)(C)CS(=O)(=O)[O-])C(=O)NC(C)(C)CS(=O)(=O)[O-])C(=O)NC(C)(C)CS(=O)(=O)[O-].[Na+].[Na+].[Na+].[Na+].[Na+].[Na+].[Na+].[Na+].[Na+].[Na+]. The zero-order valence-corrected chi connectivity index (χ0v) is 115. The average Bonchev–Trinajstić information content (AvgIpc) is 0.817. The molecule has 70 heteroatoms.